The van der Waals surface area contributed by atoms with Gasteiger partial charge >= 0.3 is 11.9 Å². The zero-order chi connectivity index (χ0) is 22.9. The topological polar surface area (TPSA) is 61.8 Å². The molecular weight excluding hydrogens is 423 g/mol. The van der Waals surface area contributed by atoms with E-state index in [0.717, 1.165) is 17.9 Å². The van der Waals surface area contributed by atoms with Crippen LogP contribution in [0.15, 0.2) is 54.6 Å². The van der Waals surface area contributed by atoms with Crippen molar-refractivity contribution in [1.29, 1.82) is 0 Å². The number of hydrogen-bond acceptors (Lipinski definition) is 5. The van der Waals surface area contributed by atoms with Crippen molar-refractivity contribution >= 4 is 19.2 Å². The zero-order valence-electron chi connectivity index (χ0n) is 20.2. The van der Waals surface area contributed by atoms with E-state index in [0.29, 0.717) is 0 Å². The highest BCUT2D eigenvalue weighted by Gasteiger charge is 2.36. The maximum atomic E-state index is 12.6. The molecule has 0 aromatic heterocycles. The third-order valence-corrected chi connectivity index (χ3v) is 7.45. The predicted octanol–water partition coefficient (Wildman–Crippen LogP) is 5.37. The number of methoxy groups -OCH3 is 1. The minimum Gasteiger partial charge on any atom is -0.465 e. The molecule has 0 bridgehead atoms. The van der Waals surface area contributed by atoms with Crippen molar-refractivity contribution < 1.29 is 23.8 Å². The van der Waals surface area contributed by atoms with Gasteiger partial charge in [-0.3, -0.25) is 9.59 Å². The lowest BCUT2D eigenvalue weighted by molar-refractivity contribution is -0.167. The Morgan fingerprint density at radius 2 is 1.38 bits per heavy atom. The maximum absolute atomic E-state index is 12.6. The van der Waals surface area contributed by atoms with Gasteiger partial charge in [0, 0.05) is 34.6 Å². The second kappa shape index (κ2) is 12.7. The largest absolute Gasteiger partial charge is 0.465 e. The van der Waals surface area contributed by atoms with Crippen molar-refractivity contribution in [3.05, 3.63) is 78.7 Å². The molecule has 1 atom stereocenters. The molecule has 0 N–H and O–H groups in total. The zero-order valence-corrected chi connectivity index (χ0v) is 21.1. The summed E-state index contributed by atoms with van der Waals surface area (Å²) >= 11 is 0. The van der Waals surface area contributed by atoms with Gasteiger partial charge in [0.15, 0.2) is 0 Å². The smallest absolute Gasteiger partial charge is 0.317 e. The van der Waals surface area contributed by atoms with Crippen LogP contribution in [-0.4, -0.2) is 45.6 Å². The fourth-order valence-electron chi connectivity index (χ4n) is 3.43. The van der Waals surface area contributed by atoms with Crippen molar-refractivity contribution in [2.75, 3.05) is 33.7 Å². The molecule has 0 amide bonds. The van der Waals surface area contributed by atoms with Crippen molar-refractivity contribution in [1.82, 2.24) is 0 Å². The molecule has 0 fully saturated rings. The molecule has 0 saturated heterocycles. The average molecular weight is 461 g/mol. The molecule has 2 aromatic rings. The molecule has 2 rings (SSSR count). The minimum absolute atomic E-state index is 0. The fraction of sp³-hybridized carbons (Fsp3) is 0.423. The van der Waals surface area contributed by atoms with E-state index < -0.39 is 24.6 Å². The summed E-state index contributed by atoms with van der Waals surface area (Å²) in [5.74, 6) is -0.890. The Morgan fingerprint density at radius 3 is 1.91 bits per heavy atom. The van der Waals surface area contributed by atoms with Crippen LogP contribution in [0.4, 0.5) is 0 Å². The van der Waals surface area contributed by atoms with Crippen LogP contribution in [0.2, 0.25) is 0 Å². The second-order valence-electron chi connectivity index (χ2n) is 8.90. The van der Waals surface area contributed by atoms with E-state index in [4.69, 9.17) is 14.2 Å². The lowest BCUT2D eigenvalue weighted by Crippen LogP contribution is -2.39. The molecule has 0 aliphatic carbocycles. The number of hydrogen-bond donors (Lipinski definition) is 0. The predicted molar refractivity (Wildman–Crippen MR) is 132 cm³/mol. The van der Waals surface area contributed by atoms with E-state index in [9.17, 15) is 9.59 Å². The third-order valence-electron chi connectivity index (χ3n) is 5.01. The van der Waals surface area contributed by atoms with Crippen LogP contribution in [0.5, 0.6) is 0 Å². The Hall–Kier alpha value is -2.23. The Kier molecular flexibility index (Phi) is 11.0. The number of rotatable bonds is 11. The quantitative estimate of drug-likeness (QED) is 0.256. The van der Waals surface area contributed by atoms with Crippen LogP contribution in [0, 0.1) is 12.8 Å². The number of esters is 2. The van der Waals surface area contributed by atoms with E-state index >= 15 is 0 Å². The Labute approximate surface area is 193 Å². The highest BCUT2D eigenvalue weighted by atomic mass is 31.2. The summed E-state index contributed by atoms with van der Waals surface area (Å²) in [6.07, 6.45) is 2.18. The molecule has 1 unspecified atom stereocenters. The van der Waals surface area contributed by atoms with Gasteiger partial charge in [-0.25, -0.2) is 0 Å². The van der Waals surface area contributed by atoms with E-state index in [-0.39, 0.29) is 27.2 Å². The number of carbonyl (C=O) groups excluding carboxylic acids is 2. The van der Waals surface area contributed by atoms with Gasteiger partial charge in [0.1, 0.15) is 18.6 Å². The van der Waals surface area contributed by atoms with E-state index in [1.165, 1.54) is 25.2 Å². The monoisotopic (exact) mass is 460 g/mol. The molecule has 0 radical (unpaired) electrons. The van der Waals surface area contributed by atoms with Crippen molar-refractivity contribution in [2.45, 2.75) is 32.8 Å². The van der Waals surface area contributed by atoms with Crippen molar-refractivity contribution in [3.63, 3.8) is 0 Å². The SMILES string of the molecule is COCC(C)(COC(C)=O)C(=O)OCc1ccc(C[P+](C)(C)Cc2ccccc2)cc1.[CH3-]. The van der Waals surface area contributed by atoms with Crippen LogP contribution in [-0.2, 0) is 42.7 Å². The summed E-state index contributed by atoms with van der Waals surface area (Å²) < 4.78 is 15.6. The summed E-state index contributed by atoms with van der Waals surface area (Å²) in [7, 11) is 0.381. The maximum Gasteiger partial charge on any atom is 0.317 e. The van der Waals surface area contributed by atoms with Crippen molar-refractivity contribution in [2.24, 2.45) is 5.41 Å². The van der Waals surface area contributed by atoms with E-state index in [2.05, 4.69) is 55.8 Å². The highest BCUT2D eigenvalue weighted by Crippen LogP contribution is 2.57. The van der Waals surface area contributed by atoms with Gasteiger partial charge in [-0.15, -0.1) is 0 Å². The Bertz CT molecular complexity index is 848. The van der Waals surface area contributed by atoms with E-state index in [1.54, 1.807) is 6.92 Å². The first-order valence-corrected chi connectivity index (χ1v) is 13.4. The molecule has 2 aromatic carbocycles. The van der Waals surface area contributed by atoms with Gasteiger partial charge in [-0.05, 0) is 23.6 Å². The van der Waals surface area contributed by atoms with Crippen LogP contribution < -0.4 is 0 Å². The van der Waals surface area contributed by atoms with Gasteiger partial charge in [0.2, 0.25) is 0 Å². The molecule has 0 spiro atoms. The van der Waals surface area contributed by atoms with Crippen molar-refractivity contribution in [3.8, 4) is 0 Å². The second-order valence-corrected chi connectivity index (χ2v) is 13.4. The normalized spacial score (nSPS) is 12.9. The molecular formula is C26H37O5P. The Balaban J connectivity index is 0.00000512. The molecule has 6 heteroatoms. The lowest BCUT2D eigenvalue weighted by Gasteiger charge is -2.25. The molecule has 0 aliphatic heterocycles. The van der Waals surface area contributed by atoms with Gasteiger partial charge in [-0.1, -0.05) is 54.6 Å². The number of benzene rings is 2. The third kappa shape index (κ3) is 9.10. The van der Waals surface area contributed by atoms with Gasteiger partial charge in [0.25, 0.3) is 0 Å². The summed E-state index contributed by atoms with van der Waals surface area (Å²) in [5.41, 5.74) is 2.57. The van der Waals surface area contributed by atoms with Crippen LogP contribution in [0.3, 0.4) is 0 Å². The minimum atomic E-state index is -1.12. The molecule has 0 saturated carbocycles. The van der Waals surface area contributed by atoms with Crippen LogP contribution in [0.1, 0.15) is 30.5 Å². The first-order valence-electron chi connectivity index (χ1n) is 10.4. The van der Waals surface area contributed by atoms with Crippen LogP contribution >= 0.6 is 7.26 Å². The first-order chi connectivity index (χ1) is 14.6. The summed E-state index contributed by atoms with van der Waals surface area (Å²) in [6, 6.07) is 18.9. The van der Waals surface area contributed by atoms with Gasteiger partial charge in [-0.2, -0.15) is 0 Å². The molecule has 176 valence electrons. The number of ether oxygens (including phenoxy) is 3. The average Bonchev–Trinajstić information content (AvgIpc) is 2.72. The van der Waals surface area contributed by atoms with Gasteiger partial charge in [0.05, 0.1) is 18.9 Å². The van der Waals surface area contributed by atoms with Crippen LogP contribution in [0.25, 0.3) is 0 Å². The molecule has 0 heterocycles. The molecule has 5 nitrogen and oxygen atoms in total. The lowest BCUT2D eigenvalue weighted by atomic mass is 9.93. The summed E-state index contributed by atoms with van der Waals surface area (Å²) in [4.78, 5) is 23.7. The standard InChI is InChI=1S/C25H34O5P.CH3/c1-20(26)30-19-25(2,18-28-3)24(27)29-15-21-11-13-23(14-12-21)17-31(4,5)16-22-9-7-6-8-10-22;/h6-14H,15-19H2,1-5H3;1H3/q+1;-1. The summed E-state index contributed by atoms with van der Waals surface area (Å²) in [6.45, 7) is 7.95. The highest BCUT2D eigenvalue weighted by molar-refractivity contribution is 7.72. The molecule has 0 aliphatic rings. The number of carbonyl (C=O) groups is 2. The summed E-state index contributed by atoms with van der Waals surface area (Å²) in [5, 5.41) is 0. The van der Waals surface area contributed by atoms with E-state index in [1.807, 2.05) is 12.1 Å². The fourth-order valence-corrected chi connectivity index (χ4v) is 5.94. The molecule has 32 heavy (non-hydrogen) atoms. The Morgan fingerprint density at radius 1 is 0.844 bits per heavy atom. The first kappa shape index (κ1) is 27.8. The van der Waals surface area contributed by atoms with Gasteiger partial charge < -0.3 is 21.6 Å².